The van der Waals surface area contributed by atoms with Crippen LogP contribution in [-0.4, -0.2) is 9.13 Å². The summed E-state index contributed by atoms with van der Waals surface area (Å²) in [5.41, 5.74) is 11.3. The molecule has 0 amide bonds. The van der Waals surface area contributed by atoms with Crippen molar-refractivity contribution in [1.29, 1.82) is 0 Å². The Bertz CT molecular complexity index is 3000. The highest BCUT2D eigenvalue weighted by atomic mass is 15.0. The lowest BCUT2D eigenvalue weighted by Crippen LogP contribution is -1.94. The van der Waals surface area contributed by atoms with Crippen LogP contribution in [-0.2, 0) is 0 Å². The van der Waals surface area contributed by atoms with Crippen molar-refractivity contribution in [2.24, 2.45) is 0 Å². The number of hydrogen-bond donors (Lipinski definition) is 0. The van der Waals surface area contributed by atoms with E-state index in [1.54, 1.807) is 0 Å². The fraction of sp³-hybridized carbons (Fsp3) is 0. The zero-order valence-corrected chi connectivity index (χ0v) is 27.1. The van der Waals surface area contributed by atoms with Crippen molar-refractivity contribution in [3.05, 3.63) is 194 Å². The van der Waals surface area contributed by atoms with Crippen LogP contribution in [0.2, 0.25) is 0 Å². The van der Waals surface area contributed by atoms with Crippen molar-refractivity contribution in [2.75, 3.05) is 0 Å². The van der Waals surface area contributed by atoms with Gasteiger partial charge in [-0.2, -0.15) is 0 Å². The van der Waals surface area contributed by atoms with Gasteiger partial charge in [0.1, 0.15) is 0 Å². The number of benzene rings is 8. The average molecular weight is 640 g/mol. The van der Waals surface area contributed by atoms with E-state index in [9.17, 15) is 4.11 Å². The largest absolute Gasteiger partial charge is 0.309 e. The van der Waals surface area contributed by atoms with Crippen LogP contribution >= 0.6 is 0 Å². The van der Waals surface area contributed by atoms with Crippen molar-refractivity contribution >= 4 is 43.6 Å². The molecule has 0 bridgehead atoms. The van der Waals surface area contributed by atoms with Crippen molar-refractivity contribution < 1.29 is 4.11 Å². The number of para-hydroxylation sites is 2. The van der Waals surface area contributed by atoms with Gasteiger partial charge in [-0.05, 0) is 100 Å². The average Bonchev–Trinajstić information content (AvgIpc) is 3.74. The van der Waals surface area contributed by atoms with Gasteiger partial charge in [-0.1, -0.05) is 127 Å². The molecule has 2 aromatic heterocycles. The molecule has 2 heterocycles. The molecule has 10 rings (SSSR count). The monoisotopic (exact) mass is 639 g/mol. The zero-order chi connectivity index (χ0) is 35.6. The first kappa shape index (κ1) is 25.4. The van der Waals surface area contributed by atoms with Crippen LogP contribution in [0, 0.1) is 0 Å². The van der Waals surface area contributed by atoms with Crippen LogP contribution in [0.25, 0.3) is 88.4 Å². The highest BCUT2D eigenvalue weighted by molar-refractivity contribution is 6.13. The molecule has 0 radical (unpaired) electrons. The van der Waals surface area contributed by atoms with E-state index < -0.39 is 0 Å². The lowest BCUT2D eigenvalue weighted by Gasteiger charge is -2.10. The van der Waals surface area contributed by atoms with Gasteiger partial charge >= 0.3 is 0 Å². The Kier molecular flexibility index (Phi) is 5.84. The number of rotatable bonds is 5. The Balaban J connectivity index is 1.21. The molecule has 234 valence electrons. The van der Waals surface area contributed by atoms with Gasteiger partial charge in [0.05, 0.1) is 26.2 Å². The Morgan fingerprint density at radius 3 is 1.42 bits per heavy atom. The molecule has 0 atom stereocenters. The maximum absolute atomic E-state index is 9.75. The summed E-state index contributed by atoms with van der Waals surface area (Å²) in [5, 5.41) is 3.70. The molecule has 0 N–H and O–H groups in total. The summed E-state index contributed by atoms with van der Waals surface area (Å²) >= 11 is 0. The normalized spacial score (nSPS) is 12.4. The Morgan fingerprint density at radius 2 is 0.760 bits per heavy atom. The summed E-state index contributed by atoms with van der Waals surface area (Å²) < 4.78 is 33.1. The van der Waals surface area contributed by atoms with E-state index in [0.717, 1.165) is 71.9 Å². The molecule has 50 heavy (non-hydrogen) atoms. The number of nitrogens with zero attached hydrogens (tertiary/aromatic N) is 2. The van der Waals surface area contributed by atoms with Crippen molar-refractivity contribution in [1.82, 2.24) is 9.13 Å². The molecular formula is C48H32N2. The molecule has 0 spiro atoms. The van der Waals surface area contributed by atoms with Gasteiger partial charge in [-0.25, -0.2) is 0 Å². The van der Waals surface area contributed by atoms with Crippen LogP contribution in [0.3, 0.4) is 0 Å². The molecule has 0 aliphatic rings. The Hall–Kier alpha value is -6.64. The molecule has 2 nitrogen and oxygen atoms in total. The van der Waals surface area contributed by atoms with Gasteiger partial charge in [0.2, 0.25) is 0 Å². The lowest BCUT2D eigenvalue weighted by atomic mass is 9.99. The number of hydrogen-bond acceptors (Lipinski definition) is 0. The second-order valence-corrected chi connectivity index (χ2v) is 12.7. The minimum Gasteiger partial charge on any atom is -0.309 e. The van der Waals surface area contributed by atoms with E-state index in [0.29, 0.717) is 16.5 Å². The van der Waals surface area contributed by atoms with Crippen molar-refractivity contribution in [3.63, 3.8) is 0 Å². The Labute approximate surface area is 294 Å². The van der Waals surface area contributed by atoms with E-state index >= 15 is 0 Å². The molecule has 0 fully saturated rings. The summed E-state index contributed by atoms with van der Waals surface area (Å²) in [7, 11) is 0. The summed E-state index contributed by atoms with van der Waals surface area (Å²) in [6, 6.07) is 60.6. The van der Waals surface area contributed by atoms with Gasteiger partial charge in [0.15, 0.2) is 0 Å². The van der Waals surface area contributed by atoms with Crippen LogP contribution in [0.5, 0.6) is 0 Å². The lowest BCUT2D eigenvalue weighted by molar-refractivity contribution is 1.18. The first-order chi connectivity index (χ1) is 26.1. The van der Waals surface area contributed by atoms with Crippen LogP contribution < -0.4 is 0 Å². The number of fused-ring (bicyclic) bond motifs is 6. The van der Waals surface area contributed by atoms with E-state index in [1.807, 2.05) is 65.2 Å². The minimum absolute atomic E-state index is 0.0450. The summed E-state index contributed by atoms with van der Waals surface area (Å²) in [5.74, 6) is 0. The van der Waals surface area contributed by atoms with E-state index in [1.165, 1.54) is 0 Å². The SMILES string of the molecule is [2H]c1c(-c2ccc3c(c2)c2cc(-c4ccccc4)ccc2n3-c2ccccc2)c([2H])c2c3ccccc3n(-c3ccc(-c4ccccc4)cc3)c2c1[2H]. The minimum atomic E-state index is 0.0450. The summed E-state index contributed by atoms with van der Waals surface area (Å²) in [4.78, 5) is 0. The van der Waals surface area contributed by atoms with Crippen LogP contribution in [0.1, 0.15) is 4.11 Å². The van der Waals surface area contributed by atoms with Gasteiger partial charge in [0.25, 0.3) is 0 Å². The molecule has 0 saturated heterocycles. The fourth-order valence-electron chi connectivity index (χ4n) is 7.45. The Morgan fingerprint density at radius 1 is 0.300 bits per heavy atom. The predicted molar refractivity (Wildman–Crippen MR) is 211 cm³/mol. The summed E-state index contributed by atoms with van der Waals surface area (Å²) in [6.45, 7) is 0. The molecular weight excluding hydrogens is 605 g/mol. The summed E-state index contributed by atoms with van der Waals surface area (Å²) in [6.07, 6.45) is 0. The molecule has 0 aliphatic heterocycles. The molecule has 10 aromatic rings. The first-order valence-electron chi connectivity index (χ1n) is 18.4. The molecule has 0 saturated carbocycles. The van der Waals surface area contributed by atoms with E-state index in [2.05, 4.69) is 120 Å². The third kappa shape index (κ3) is 4.57. The molecule has 0 unspecified atom stereocenters. The van der Waals surface area contributed by atoms with Crippen molar-refractivity contribution in [3.8, 4) is 44.8 Å². The second kappa shape index (κ2) is 11.5. The maximum atomic E-state index is 9.75. The first-order valence-corrected chi connectivity index (χ1v) is 16.9. The van der Waals surface area contributed by atoms with E-state index in [4.69, 9.17) is 0 Å². The standard InChI is InChI=1S/C48H32N2/c1-4-12-33(13-5-1)35-20-25-40(26-21-35)50-45-19-11-10-18-41(45)42-31-37(23-28-46(42)50)38-24-29-48-44(32-38)43-30-36(34-14-6-2-7-15-34)22-27-47(43)49(48)39-16-8-3-9-17-39/h1-32H/i23D,28D,31D. The van der Waals surface area contributed by atoms with Crippen LogP contribution in [0.15, 0.2) is 194 Å². The van der Waals surface area contributed by atoms with Crippen molar-refractivity contribution in [2.45, 2.75) is 0 Å². The predicted octanol–water partition coefficient (Wildman–Crippen LogP) is 12.9. The highest BCUT2D eigenvalue weighted by Gasteiger charge is 2.17. The van der Waals surface area contributed by atoms with Crippen LogP contribution in [0.4, 0.5) is 0 Å². The van der Waals surface area contributed by atoms with Gasteiger partial charge in [0, 0.05) is 32.9 Å². The topological polar surface area (TPSA) is 9.86 Å². The number of aromatic nitrogens is 2. The maximum Gasteiger partial charge on any atom is 0.0645 e. The molecule has 0 aliphatic carbocycles. The van der Waals surface area contributed by atoms with E-state index in [-0.39, 0.29) is 18.1 Å². The van der Waals surface area contributed by atoms with Gasteiger partial charge in [-0.15, -0.1) is 0 Å². The zero-order valence-electron chi connectivity index (χ0n) is 30.1. The smallest absolute Gasteiger partial charge is 0.0645 e. The van der Waals surface area contributed by atoms with Gasteiger partial charge in [-0.3, -0.25) is 0 Å². The quantitative estimate of drug-likeness (QED) is 0.177. The second-order valence-electron chi connectivity index (χ2n) is 12.7. The fourth-order valence-corrected chi connectivity index (χ4v) is 7.45. The highest BCUT2D eigenvalue weighted by Crippen LogP contribution is 2.39. The van der Waals surface area contributed by atoms with Gasteiger partial charge < -0.3 is 9.13 Å². The molecule has 8 aromatic carbocycles. The molecule has 2 heteroatoms. The third-order valence-electron chi connectivity index (χ3n) is 9.84. The third-order valence-corrected chi connectivity index (χ3v) is 9.84.